The van der Waals surface area contributed by atoms with Gasteiger partial charge in [0, 0.05) is 13.0 Å². The molecule has 0 spiro atoms. The van der Waals surface area contributed by atoms with Crippen LogP contribution in [-0.4, -0.2) is 12.5 Å². The van der Waals surface area contributed by atoms with Gasteiger partial charge in [-0.3, -0.25) is 4.79 Å². The zero-order valence-electron chi connectivity index (χ0n) is 9.14. The van der Waals surface area contributed by atoms with E-state index in [9.17, 15) is 4.79 Å². The predicted octanol–water partition coefficient (Wildman–Crippen LogP) is 2.79. The molecule has 14 heavy (non-hydrogen) atoms. The highest BCUT2D eigenvalue weighted by Crippen LogP contribution is 2.19. The van der Waals surface area contributed by atoms with Gasteiger partial charge in [-0.1, -0.05) is 18.6 Å². The van der Waals surface area contributed by atoms with Crippen LogP contribution in [0.25, 0.3) is 0 Å². The lowest BCUT2D eigenvalue weighted by Gasteiger charge is -2.12. The van der Waals surface area contributed by atoms with E-state index < -0.39 is 0 Å². The van der Waals surface area contributed by atoms with Crippen molar-refractivity contribution in [2.24, 2.45) is 0 Å². The van der Waals surface area contributed by atoms with Crippen molar-refractivity contribution in [1.82, 2.24) is 5.32 Å². The highest BCUT2D eigenvalue weighted by Gasteiger charge is 2.04. The molecule has 0 atom stereocenters. The second-order valence-electron chi connectivity index (χ2n) is 3.96. The lowest BCUT2D eigenvalue weighted by Crippen LogP contribution is -2.24. The van der Waals surface area contributed by atoms with Crippen LogP contribution < -0.4 is 5.32 Å². The quantitative estimate of drug-likeness (QED) is 0.671. The smallest absolute Gasteiger partial charge is 0.219 e. The van der Waals surface area contributed by atoms with Crippen molar-refractivity contribution in [3.05, 3.63) is 11.6 Å². The number of hydrogen-bond donors (Lipinski definition) is 1. The lowest BCUT2D eigenvalue weighted by atomic mass is 9.97. The zero-order valence-corrected chi connectivity index (χ0v) is 9.14. The topological polar surface area (TPSA) is 29.1 Å². The average Bonchev–Trinajstić information content (AvgIpc) is 2.20. The average molecular weight is 195 g/mol. The molecule has 0 aliphatic heterocycles. The van der Waals surface area contributed by atoms with Crippen LogP contribution in [0.3, 0.4) is 0 Å². The van der Waals surface area contributed by atoms with E-state index in [0.29, 0.717) is 6.42 Å². The Morgan fingerprint density at radius 3 is 3.00 bits per heavy atom. The molecule has 0 saturated carbocycles. The molecule has 1 rings (SSSR count). The molecule has 0 radical (unpaired) electrons. The predicted molar refractivity (Wildman–Crippen MR) is 59.1 cm³/mol. The molecule has 0 aromatic heterocycles. The van der Waals surface area contributed by atoms with Gasteiger partial charge in [0.25, 0.3) is 0 Å². The van der Waals surface area contributed by atoms with Crippen molar-refractivity contribution < 1.29 is 4.79 Å². The van der Waals surface area contributed by atoms with Crippen molar-refractivity contribution in [2.75, 3.05) is 6.54 Å². The second kappa shape index (κ2) is 6.63. The van der Waals surface area contributed by atoms with Crippen molar-refractivity contribution in [3.63, 3.8) is 0 Å². The number of carbonyl (C=O) groups excluding carboxylic acids is 1. The molecule has 1 aliphatic rings. The lowest BCUT2D eigenvalue weighted by molar-refractivity contribution is -0.121. The molecule has 0 aromatic carbocycles. The Labute approximate surface area is 86.8 Å². The summed E-state index contributed by atoms with van der Waals surface area (Å²) in [5.74, 6) is 0.198. The summed E-state index contributed by atoms with van der Waals surface area (Å²) in [7, 11) is 0. The van der Waals surface area contributed by atoms with Crippen LogP contribution in [0.4, 0.5) is 0 Å². The van der Waals surface area contributed by atoms with Crippen LogP contribution in [0, 0.1) is 0 Å². The molecule has 1 N–H and O–H groups in total. The summed E-state index contributed by atoms with van der Waals surface area (Å²) in [6.45, 7) is 2.86. The highest BCUT2D eigenvalue weighted by molar-refractivity contribution is 5.75. The van der Waals surface area contributed by atoms with Gasteiger partial charge in [-0.25, -0.2) is 0 Å². The van der Waals surface area contributed by atoms with E-state index >= 15 is 0 Å². The SMILES string of the molecule is CCCC(=O)NCCC1=CCCCC1. The third kappa shape index (κ3) is 4.45. The van der Waals surface area contributed by atoms with Crippen LogP contribution in [0.2, 0.25) is 0 Å². The number of hydrogen-bond acceptors (Lipinski definition) is 1. The van der Waals surface area contributed by atoms with E-state index in [0.717, 1.165) is 19.4 Å². The molecule has 1 aliphatic carbocycles. The largest absolute Gasteiger partial charge is 0.356 e. The van der Waals surface area contributed by atoms with Gasteiger partial charge in [0.1, 0.15) is 0 Å². The summed E-state index contributed by atoms with van der Waals surface area (Å²) in [6.07, 6.45) is 10.1. The summed E-state index contributed by atoms with van der Waals surface area (Å²) < 4.78 is 0. The van der Waals surface area contributed by atoms with Crippen LogP contribution in [0.15, 0.2) is 11.6 Å². The van der Waals surface area contributed by atoms with E-state index in [1.165, 1.54) is 31.3 Å². The molecule has 0 aromatic rings. The molecule has 80 valence electrons. The Kier molecular flexibility index (Phi) is 5.35. The van der Waals surface area contributed by atoms with Gasteiger partial charge in [0.2, 0.25) is 5.91 Å². The minimum absolute atomic E-state index is 0.198. The maximum Gasteiger partial charge on any atom is 0.219 e. The summed E-state index contributed by atoms with van der Waals surface area (Å²) in [4.78, 5) is 11.2. The normalized spacial score (nSPS) is 16.2. The molecule has 2 nitrogen and oxygen atoms in total. The first-order valence-corrected chi connectivity index (χ1v) is 5.77. The first-order valence-electron chi connectivity index (χ1n) is 5.77. The third-order valence-corrected chi connectivity index (χ3v) is 2.63. The number of allylic oxidation sites excluding steroid dienone is 1. The van der Waals surface area contributed by atoms with Crippen LogP contribution in [0.1, 0.15) is 51.9 Å². The molecule has 0 saturated heterocycles. The van der Waals surface area contributed by atoms with Gasteiger partial charge in [0.15, 0.2) is 0 Å². The Bertz CT molecular complexity index is 208. The summed E-state index contributed by atoms with van der Waals surface area (Å²) >= 11 is 0. The second-order valence-corrected chi connectivity index (χ2v) is 3.96. The Hall–Kier alpha value is -0.790. The molecule has 0 unspecified atom stereocenters. The van der Waals surface area contributed by atoms with Gasteiger partial charge in [-0.15, -0.1) is 0 Å². The Morgan fingerprint density at radius 1 is 1.50 bits per heavy atom. The minimum atomic E-state index is 0.198. The van der Waals surface area contributed by atoms with Crippen molar-refractivity contribution in [2.45, 2.75) is 51.9 Å². The number of nitrogens with one attached hydrogen (secondary N) is 1. The summed E-state index contributed by atoms with van der Waals surface area (Å²) in [5.41, 5.74) is 1.54. The fourth-order valence-corrected chi connectivity index (χ4v) is 1.81. The van der Waals surface area contributed by atoms with Crippen LogP contribution >= 0.6 is 0 Å². The van der Waals surface area contributed by atoms with Gasteiger partial charge >= 0.3 is 0 Å². The minimum Gasteiger partial charge on any atom is -0.356 e. The van der Waals surface area contributed by atoms with Crippen LogP contribution in [-0.2, 0) is 4.79 Å². The Morgan fingerprint density at radius 2 is 2.36 bits per heavy atom. The van der Waals surface area contributed by atoms with E-state index in [4.69, 9.17) is 0 Å². The molecule has 2 heteroatoms. The van der Waals surface area contributed by atoms with Crippen LogP contribution in [0.5, 0.6) is 0 Å². The number of rotatable bonds is 5. The van der Waals surface area contributed by atoms with Crippen molar-refractivity contribution in [1.29, 1.82) is 0 Å². The maximum absolute atomic E-state index is 11.2. The first-order chi connectivity index (χ1) is 6.83. The van der Waals surface area contributed by atoms with E-state index in [1.54, 1.807) is 0 Å². The van der Waals surface area contributed by atoms with Gasteiger partial charge in [-0.05, 0) is 38.5 Å². The molecule has 0 bridgehead atoms. The Balaban J connectivity index is 2.08. The fourth-order valence-electron chi connectivity index (χ4n) is 1.81. The molecule has 1 amide bonds. The van der Waals surface area contributed by atoms with E-state index in [1.807, 2.05) is 6.92 Å². The zero-order chi connectivity index (χ0) is 10.2. The third-order valence-electron chi connectivity index (χ3n) is 2.63. The maximum atomic E-state index is 11.2. The molecule has 0 fully saturated rings. The monoisotopic (exact) mass is 195 g/mol. The van der Waals surface area contributed by atoms with Gasteiger partial charge in [-0.2, -0.15) is 0 Å². The molecular formula is C12H21NO. The number of carbonyl (C=O) groups is 1. The van der Waals surface area contributed by atoms with Gasteiger partial charge in [0.05, 0.1) is 0 Å². The van der Waals surface area contributed by atoms with E-state index in [-0.39, 0.29) is 5.91 Å². The fraction of sp³-hybridized carbons (Fsp3) is 0.750. The van der Waals surface area contributed by atoms with Crippen molar-refractivity contribution in [3.8, 4) is 0 Å². The first kappa shape index (κ1) is 11.3. The number of amides is 1. The highest BCUT2D eigenvalue weighted by atomic mass is 16.1. The molecular weight excluding hydrogens is 174 g/mol. The molecule has 0 heterocycles. The van der Waals surface area contributed by atoms with Crippen molar-refractivity contribution >= 4 is 5.91 Å². The van der Waals surface area contributed by atoms with Gasteiger partial charge < -0.3 is 5.32 Å². The van der Waals surface area contributed by atoms with E-state index in [2.05, 4.69) is 11.4 Å². The summed E-state index contributed by atoms with van der Waals surface area (Å²) in [6, 6.07) is 0. The summed E-state index contributed by atoms with van der Waals surface area (Å²) in [5, 5.41) is 2.95. The standard InChI is InChI=1S/C12H21NO/c1-2-6-12(14)13-10-9-11-7-4-3-5-8-11/h7H,2-6,8-10H2,1H3,(H,13,14).